The highest BCUT2D eigenvalue weighted by Gasteiger charge is 2.35. The van der Waals surface area contributed by atoms with Gasteiger partial charge in [0.05, 0.1) is 34.7 Å². The van der Waals surface area contributed by atoms with Gasteiger partial charge in [-0.1, -0.05) is 35.9 Å². The maximum atomic E-state index is 14.3. The molecule has 0 saturated heterocycles. The maximum absolute atomic E-state index is 14.3. The normalized spacial score (nSPS) is 15.5. The Balaban J connectivity index is 1.25. The van der Waals surface area contributed by atoms with Crippen molar-refractivity contribution in [1.82, 2.24) is 29.3 Å². The first-order valence-corrected chi connectivity index (χ1v) is 17.1. The van der Waals surface area contributed by atoms with Gasteiger partial charge in [0, 0.05) is 40.9 Å². The number of ether oxygens (including phenoxy) is 1. The second-order valence-electron chi connectivity index (χ2n) is 12.1. The number of carbonyl (C=O) groups is 2. The van der Waals surface area contributed by atoms with Gasteiger partial charge >= 0.3 is 5.69 Å². The summed E-state index contributed by atoms with van der Waals surface area (Å²) in [5, 5.41) is 13.0. The molecule has 0 bridgehead atoms. The molecule has 3 heterocycles. The van der Waals surface area contributed by atoms with Crippen LogP contribution in [-0.4, -0.2) is 53.1 Å². The van der Waals surface area contributed by atoms with Gasteiger partial charge in [-0.25, -0.2) is 14.8 Å². The van der Waals surface area contributed by atoms with E-state index in [4.69, 9.17) is 16.3 Å². The molecule has 2 amide bonds. The molecule has 1 aliphatic carbocycles. The number of nitrogens with one attached hydrogen (secondary N) is 1. The van der Waals surface area contributed by atoms with Crippen LogP contribution >= 0.6 is 27.5 Å². The van der Waals surface area contributed by atoms with Crippen molar-refractivity contribution in [3.63, 3.8) is 0 Å². The fourth-order valence-electron chi connectivity index (χ4n) is 6.02. The van der Waals surface area contributed by atoms with Crippen LogP contribution in [0.2, 0.25) is 5.02 Å². The highest BCUT2D eigenvalue weighted by molar-refractivity contribution is 9.10. The number of aliphatic hydroxyl groups excluding tert-OH is 1. The van der Waals surface area contributed by atoms with Crippen molar-refractivity contribution >= 4 is 39.3 Å². The molecule has 5 aromatic rings. The summed E-state index contributed by atoms with van der Waals surface area (Å²) in [6, 6.07) is 21.0. The first kappa shape index (κ1) is 32.8. The van der Waals surface area contributed by atoms with E-state index in [1.54, 1.807) is 64.2 Å². The van der Waals surface area contributed by atoms with Gasteiger partial charge in [0.2, 0.25) is 0 Å². The number of aromatic nitrogens is 4. The molecule has 11 nitrogen and oxygen atoms in total. The van der Waals surface area contributed by atoms with E-state index in [-0.39, 0.29) is 61.5 Å². The summed E-state index contributed by atoms with van der Waals surface area (Å²) in [5.74, 6) is 0.236. The van der Waals surface area contributed by atoms with Gasteiger partial charge in [0.1, 0.15) is 18.1 Å². The molecule has 1 fully saturated rings. The van der Waals surface area contributed by atoms with Gasteiger partial charge < -0.3 is 20.1 Å². The highest BCUT2D eigenvalue weighted by Crippen LogP contribution is 2.30. The van der Waals surface area contributed by atoms with Crippen LogP contribution in [0.3, 0.4) is 0 Å². The average Bonchev–Trinajstić information content (AvgIpc) is 3.90. The molecule has 2 aromatic heterocycles. The van der Waals surface area contributed by atoms with Gasteiger partial charge in [-0.2, -0.15) is 0 Å². The SMILES string of the molecule is C[C@H]1Cn2c(c(C(=O)NCc3ccccc3-c3ccnc(CO)n3)n(-c3ccc(OC4CC4)cc3)c2=O)CN1C(=O)c1ccc(Br)c(Cl)c1. The first-order chi connectivity index (χ1) is 23.7. The Labute approximate surface area is 295 Å². The zero-order valence-electron chi connectivity index (χ0n) is 26.5. The van der Waals surface area contributed by atoms with Crippen molar-refractivity contribution in [2.24, 2.45) is 0 Å². The minimum absolute atomic E-state index is 0.0308. The molecule has 250 valence electrons. The molecule has 0 unspecified atom stereocenters. The zero-order valence-corrected chi connectivity index (χ0v) is 28.8. The first-order valence-electron chi connectivity index (χ1n) is 15.9. The molecular weight excluding hydrogens is 712 g/mol. The van der Waals surface area contributed by atoms with E-state index in [0.717, 1.165) is 24.0 Å². The fraction of sp³-hybridized carbons (Fsp3) is 0.250. The molecule has 3 aromatic carbocycles. The Morgan fingerprint density at radius 2 is 1.86 bits per heavy atom. The molecule has 49 heavy (non-hydrogen) atoms. The topological polar surface area (TPSA) is 132 Å². The number of carbonyl (C=O) groups excluding carboxylic acids is 2. The number of halogens is 2. The second kappa shape index (κ2) is 13.6. The molecule has 0 radical (unpaired) electrons. The average molecular weight is 744 g/mol. The molecule has 1 saturated carbocycles. The van der Waals surface area contributed by atoms with Gasteiger partial charge in [0.25, 0.3) is 11.8 Å². The number of amides is 2. The van der Waals surface area contributed by atoms with Crippen LogP contribution in [0.4, 0.5) is 0 Å². The Morgan fingerprint density at radius 1 is 1.08 bits per heavy atom. The van der Waals surface area contributed by atoms with E-state index in [0.29, 0.717) is 37.9 Å². The Bertz CT molecular complexity index is 2130. The summed E-state index contributed by atoms with van der Waals surface area (Å²) in [6.07, 6.45) is 3.82. The largest absolute Gasteiger partial charge is 0.490 e. The number of nitrogens with zero attached hydrogens (tertiary/aromatic N) is 5. The predicted octanol–water partition coefficient (Wildman–Crippen LogP) is 5.52. The molecule has 2 aliphatic rings. The van der Waals surface area contributed by atoms with Crippen LogP contribution in [0.25, 0.3) is 16.9 Å². The van der Waals surface area contributed by atoms with Crippen molar-refractivity contribution in [3.05, 3.63) is 127 Å². The standard InChI is InChI=1S/C36H32BrClN6O5/c1-21-18-43-31(19-42(21)35(47)22-6-13-28(37)29(38)16-22)33(44(36(43)48)24-7-9-25(10-8-24)49-26-11-12-26)34(46)40-17-23-4-2-3-5-27(23)30-14-15-39-32(20-45)41-30/h2-10,13-16,21,26,45H,11-12,17-20H2,1H3,(H,40,46)/t21-/m0/s1. The van der Waals surface area contributed by atoms with Crippen molar-refractivity contribution in [1.29, 1.82) is 0 Å². The van der Waals surface area contributed by atoms with Crippen molar-refractivity contribution in [2.75, 3.05) is 0 Å². The lowest BCUT2D eigenvalue weighted by molar-refractivity contribution is 0.0610. The monoisotopic (exact) mass is 742 g/mol. The molecule has 1 atom stereocenters. The van der Waals surface area contributed by atoms with Crippen molar-refractivity contribution in [3.8, 4) is 22.7 Å². The number of benzene rings is 3. The van der Waals surface area contributed by atoms with Gasteiger partial charge in [0.15, 0.2) is 5.82 Å². The van der Waals surface area contributed by atoms with Crippen LogP contribution < -0.4 is 15.7 Å². The Kier molecular flexibility index (Phi) is 9.10. The van der Waals surface area contributed by atoms with Crippen molar-refractivity contribution < 1.29 is 19.4 Å². The number of aliphatic hydroxyl groups is 1. The van der Waals surface area contributed by atoms with Gasteiger partial charge in [-0.05, 0) is 89.8 Å². The van der Waals surface area contributed by atoms with E-state index in [9.17, 15) is 19.5 Å². The van der Waals surface area contributed by atoms with E-state index in [1.165, 1.54) is 4.57 Å². The third-order valence-electron chi connectivity index (χ3n) is 8.69. The Hall–Kier alpha value is -4.78. The molecule has 7 rings (SSSR count). The van der Waals surface area contributed by atoms with Crippen LogP contribution in [0.15, 0.2) is 88.3 Å². The molecule has 13 heteroatoms. The second-order valence-corrected chi connectivity index (χ2v) is 13.4. The number of hydrogen-bond donors (Lipinski definition) is 2. The summed E-state index contributed by atoms with van der Waals surface area (Å²) in [7, 11) is 0. The van der Waals surface area contributed by atoms with E-state index in [1.807, 2.05) is 31.2 Å². The Morgan fingerprint density at radius 3 is 2.59 bits per heavy atom. The van der Waals surface area contributed by atoms with E-state index in [2.05, 4.69) is 31.2 Å². The van der Waals surface area contributed by atoms with Crippen LogP contribution in [-0.2, 0) is 26.2 Å². The van der Waals surface area contributed by atoms with Crippen LogP contribution in [0.5, 0.6) is 5.75 Å². The van der Waals surface area contributed by atoms with Crippen molar-refractivity contribution in [2.45, 2.75) is 58.2 Å². The quantitative estimate of drug-likeness (QED) is 0.203. The summed E-state index contributed by atoms with van der Waals surface area (Å²) < 4.78 is 9.58. The highest BCUT2D eigenvalue weighted by atomic mass is 79.9. The van der Waals surface area contributed by atoms with Gasteiger partial charge in [-0.15, -0.1) is 0 Å². The molecule has 1 aliphatic heterocycles. The molecule has 0 spiro atoms. The molecular formula is C36H32BrClN6O5. The van der Waals surface area contributed by atoms with E-state index >= 15 is 0 Å². The number of rotatable bonds is 9. The minimum Gasteiger partial charge on any atom is -0.490 e. The molecule has 2 N–H and O–H groups in total. The maximum Gasteiger partial charge on any atom is 0.333 e. The summed E-state index contributed by atoms with van der Waals surface area (Å²) in [5.41, 5.74) is 3.24. The number of imidazole rings is 1. The minimum atomic E-state index is -0.480. The van der Waals surface area contributed by atoms with Crippen LogP contribution in [0, 0.1) is 0 Å². The lowest BCUT2D eigenvalue weighted by atomic mass is 10.0. The third kappa shape index (κ3) is 6.63. The summed E-state index contributed by atoms with van der Waals surface area (Å²) >= 11 is 9.69. The number of hydrogen-bond acceptors (Lipinski definition) is 7. The lowest BCUT2D eigenvalue weighted by Gasteiger charge is -2.34. The fourth-order valence-corrected chi connectivity index (χ4v) is 6.44. The summed E-state index contributed by atoms with van der Waals surface area (Å²) in [4.78, 5) is 52.4. The van der Waals surface area contributed by atoms with Gasteiger partial charge in [-0.3, -0.25) is 18.7 Å². The third-order valence-corrected chi connectivity index (χ3v) is 9.92. The smallest absolute Gasteiger partial charge is 0.333 e. The zero-order chi connectivity index (χ0) is 34.2. The predicted molar refractivity (Wildman–Crippen MR) is 187 cm³/mol. The number of fused-ring (bicyclic) bond motifs is 1. The van der Waals surface area contributed by atoms with E-state index < -0.39 is 5.91 Å². The van der Waals surface area contributed by atoms with Crippen LogP contribution in [0.1, 0.15) is 57.7 Å². The summed E-state index contributed by atoms with van der Waals surface area (Å²) in [6.45, 7) is 1.93. The lowest BCUT2D eigenvalue weighted by Crippen LogP contribution is -2.47.